The van der Waals surface area contributed by atoms with Gasteiger partial charge in [0.15, 0.2) is 0 Å². The minimum atomic E-state index is -0.140. The summed E-state index contributed by atoms with van der Waals surface area (Å²) in [7, 11) is 0. The Balaban J connectivity index is 1.15. The van der Waals surface area contributed by atoms with Crippen LogP contribution in [0.4, 0.5) is 5.69 Å². The summed E-state index contributed by atoms with van der Waals surface area (Å²) in [5.41, 5.74) is 4.91. The molecule has 186 valence electrons. The summed E-state index contributed by atoms with van der Waals surface area (Å²) in [6.07, 6.45) is 3.64. The molecule has 36 heavy (non-hydrogen) atoms. The first-order valence-electron chi connectivity index (χ1n) is 12.8. The number of benzene rings is 3. The first-order chi connectivity index (χ1) is 17.5. The molecular weight excluding hydrogens is 466 g/mol. The number of hydrogen-bond acceptors (Lipinski definition) is 4. The SMILES string of the molecule is CC(C)n1c(=O)sc2cc(NC(=O)c3ccc(CN4CCC(Cc5ccccc5)CC4)cc3)ccc21. The van der Waals surface area contributed by atoms with Crippen LogP contribution in [-0.2, 0) is 13.0 Å². The lowest BCUT2D eigenvalue weighted by molar-refractivity contribution is 0.102. The van der Waals surface area contributed by atoms with Crippen molar-refractivity contribution in [3.05, 3.63) is 99.2 Å². The normalized spacial score (nSPS) is 15.0. The van der Waals surface area contributed by atoms with E-state index in [0.717, 1.165) is 35.8 Å². The van der Waals surface area contributed by atoms with Crippen molar-refractivity contribution in [1.29, 1.82) is 0 Å². The highest BCUT2D eigenvalue weighted by Gasteiger charge is 2.20. The van der Waals surface area contributed by atoms with Crippen molar-refractivity contribution in [1.82, 2.24) is 9.47 Å². The molecule has 0 atom stereocenters. The zero-order valence-electron chi connectivity index (χ0n) is 20.9. The molecule has 5 nitrogen and oxygen atoms in total. The van der Waals surface area contributed by atoms with E-state index in [-0.39, 0.29) is 16.8 Å². The minimum absolute atomic E-state index is 0.0273. The molecule has 1 amide bonds. The van der Waals surface area contributed by atoms with E-state index >= 15 is 0 Å². The Labute approximate surface area is 216 Å². The maximum absolute atomic E-state index is 12.8. The molecule has 6 heteroatoms. The van der Waals surface area contributed by atoms with E-state index in [2.05, 4.69) is 52.7 Å². The highest BCUT2D eigenvalue weighted by atomic mass is 32.1. The molecular formula is C30H33N3O2S. The van der Waals surface area contributed by atoms with Crippen molar-refractivity contribution in [3.63, 3.8) is 0 Å². The van der Waals surface area contributed by atoms with Gasteiger partial charge in [0.1, 0.15) is 0 Å². The van der Waals surface area contributed by atoms with Crippen molar-refractivity contribution in [2.45, 2.75) is 45.7 Å². The largest absolute Gasteiger partial charge is 0.322 e. The predicted octanol–water partition coefficient (Wildman–Crippen LogP) is 6.35. The molecule has 4 aromatic rings. The molecule has 5 rings (SSSR count). The van der Waals surface area contributed by atoms with Gasteiger partial charge in [-0.1, -0.05) is 53.8 Å². The van der Waals surface area contributed by atoms with Crippen LogP contribution in [0.5, 0.6) is 0 Å². The highest BCUT2D eigenvalue weighted by molar-refractivity contribution is 7.16. The van der Waals surface area contributed by atoms with Crippen molar-refractivity contribution in [2.24, 2.45) is 5.92 Å². The predicted molar refractivity (Wildman–Crippen MR) is 149 cm³/mol. The van der Waals surface area contributed by atoms with Gasteiger partial charge in [0.2, 0.25) is 0 Å². The number of carbonyl (C=O) groups is 1. The number of anilines is 1. The summed E-state index contributed by atoms with van der Waals surface area (Å²) in [5, 5.41) is 2.98. The number of thiazole rings is 1. The van der Waals surface area contributed by atoms with Gasteiger partial charge in [0, 0.05) is 23.8 Å². The van der Waals surface area contributed by atoms with Crippen molar-refractivity contribution in [3.8, 4) is 0 Å². The van der Waals surface area contributed by atoms with Crippen molar-refractivity contribution >= 4 is 33.1 Å². The molecule has 0 saturated carbocycles. The van der Waals surface area contributed by atoms with E-state index in [4.69, 9.17) is 0 Å². The van der Waals surface area contributed by atoms with Gasteiger partial charge in [-0.15, -0.1) is 0 Å². The molecule has 0 bridgehead atoms. The van der Waals surface area contributed by atoms with Gasteiger partial charge in [-0.25, -0.2) is 0 Å². The molecule has 1 saturated heterocycles. The first-order valence-corrected chi connectivity index (χ1v) is 13.6. The fourth-order valence-corrected chi connectivity index (χ4v) is 6.17. The lowest BCUT2D eigenvalue weighted by Crippen LogP contribution is -2.33. The Kier molecular flexibility index (Phi) is 7.35. The quantitative estimate of drug-likeness (QED) is 0.322. The number of fused-ring (bicyclic) bond motifs is 1. The number of rotatable bonds is 7. The molecule has 1 aromatic heterocycles. The van der Waals surface area contributed by atoms with Crippen LogP contribution in [0.1, 0.15) is 54.2 Å². The molecule has 1 N–H and O–H groups in total. The standard InChI is InChI=1S/C30H33N3O2S/c1-21(2)33-27-13-12-26(19-28(27)36-30(33)35)31-29(34)25-10-8-24(9-11-25)20-32-16-14-23(15-17-32)18-22-6-4-3-5-7-22/h3-13,19,21,23H,14-18,20H2,1-2H3,(H,31,34). The zero-order valence-corrected chi connectivity index (χ0v) is 21.8. The van der Waals surface area contributed by atoms with Crippen molar-refractivity contribution < 1.29 is 4.79 Å². The molecule has 0 radical (unpaired) electrons. The van der Waals surface area contributed by atoms with Crippen LogP contribution in [0.15, 0.2) is 77.6 Å². The molecule has 0 aliphatic carbocycles. The maximum atomic E-state index is 12.8. The van der Waals surface area contributed by atoms with E-state index in [0.29, 0.717) is 11.3 Å². The number of hydrogen-bond donors (Lipinski definition) is 1. The number of nitrogens with zero attached hydrogens (tertiary/aromatic N) is 2. The van der Waals surface area contributed by atoms with Gasteiger partial charge >= 0.3 is 4.87 Å². The monoisotopic (exact) mass is 499 g/mol. The second-order valence-corrected chi connectivity index (χ2v) is 11.1. The Morgan fingerprint density at radius 2 is 1.69 bits per heavy atom. The molecule has 1 fully saturated rings. The Morgan fingerprint density at radius 3 is 2.39 bits per heavy atom. The van der Waals surface area contributed by atoms with Gasteiger partial charge in [-0.2, -0.15) is 0 Å². The summed E-state index contributed by atoms with van der Waals surface area (Å²) in [6.45, 7) is 7.16. The van der Waals surface area contributed by atoms with Crippen LogP contribution in [0.3, 0.4) is 0 Å². The van der Waals surface area contributed by atoms with Gasteiger partial charge in [0.25, 0.3) is 5.91 Å². The molecule has 0 unspecified atom stereocenters. The Hall–Kier alpha value is -3.22. The van der Waals surface area contributed by atoms with Crippen molar-refractivity contribution in [2.75, 3.05) is 18.4 Å². The van der Waals surface area contributed by atoms with E-state index in [1.807, 2.05) is 44.2 Å². The molecule has 1 aliphatic heterocycles. The number of piperidine rings is 1. The Bertz CT molecular complexity index is 1380. The average molecular weight is 500 g/mol. The van der Waals surface area contributed by atoms with Crippen LogP contribution in [0, 0.1) is 5.92 Å². The van der Waals surface area contributed by atoms with Gasteiger partial charge in [0.05, 0.1) is 10.2 Å². The van der Waals surface area contributed by atoms with Crippen LogP contribution >= 0.6 is 11.3 Å². The van der Waals surface area contributed by atoms with Crippen LogP contribution < -0.4 is 10.2 Å². The summed E-state index contributed by atoms with van der Waals surface area (Å²) >= 11 is 1.21. The smallest absolute Gasteiger partial charge is 0.308 e. The zero-order chi connectivity index (χ0) is 25.1. The third-order valence-corrected chi connectivity index (χ3v) is 8.00. The molecule has 3 aromatic carbocycles. The number of carbonyl (C=O) groups excluding carboxylic acids is 1. The summed E-state index contributed by atoms with van der Waals surface area (Å²) < 4.78 is 2.67. The van der Waals surface area contributed by atoms with Gasteiger partial charge in [-0.3, -0.25) is 19.1 Å². The van der Waals surface area contributed by atoms with Crippen LogP contribution in [0.25, 0.3) is 10.2 Å². The molecule has 1 aliphatic rings. The van der Waals surface area contributed by atoms with E-state index in [1.165, 1.54) is 41.7 Å². The summed E-state index contributed by atoms with van der Waals surface area (Å²) in [6, 6.07) is 24.5. The third kappa shape index (κ3) is 5.61. The fourth-order valence-electron chi connectivity index (χ4n) is 5.12. The fraction of sp³-hybridized carbons (Fsp3) is 0.333. The minimum Gasteiger partial charge on any atom is -0.322 e. The van der Waals surface area contributed by atoms with Gasteiger partial charge in [-0.05, 0) is 93.6 Å². The maximum Gasteiger partial charge on any atom is 0.308 e. The van der Waals surface area contributed by atoms with Crippen LogP contribution in [0.2, 0.25) is 0 Å². The molecule has 2 heterocycles. The third-order valence-electron chi connectivity index (χ3n) is 7.08. The van der Waals surface area contributed by atoms with Gasteiger partial charge < -0.3 is 5.32 Å². The lowest BCUT2D eigenvalue weighted by Gasteiger charge is -2.32. The highest BCUT2D eigenvalue weighted by Crippen LogP contribution is 2.25. The lowest BCUT2D eigenvalue weighted by atomic mass is 9.90. The number of aromatic nitrogens is 1. The van der Waals surface area contributed by atoms with E-state index in [9.17, 15) is 9.59 Å². The average Bonchev–Trinajstić information content (AvgIpc) is 3.21. The van der Waals surface area contributed by atoms with Crippen LogP contribution in [-0.4, -0.2) is 28.5 Å². The molecule has 0 spiro atoms. The second kappa shape index (κ2) is 10.8. The topological polar surface area (TPSA) is 54.3 Å². The Morgan fingerprint density at radius 1 is 0.972 bits per heavy atom. The van der Waals surface area contributed by atoms with E-state index < -0.39 is 0 Å². The number of likely N-dealkylation sites (tertiary alicyclic amines) is 1. The number of nitrogens with one attached hydrogen (secondary N) is 1. The first kappa shape index (κ1) is 24.5. The summed E-state index contributed by atoms with van der Waals surface area (Å²) in [4.78, 5) is 27.7. The second-order valence-electron chi connectivity index (χ2n) is 10.1. The number of amides is 1. The van der Waals surface area contributed by atoms with E-state index in [1.54, 1.807) is 4.57 Å². The summed E-state index contributed by atoms with van der Waals surface area (Å²) in [5.74, 6) is 0.622.